The van der Waals surface area contributed by atoms with E-state index in [1.165, 1.54) is 24.1 Å². The Morgan fingerprint density at radius 1 is 1.55 bits per heavy atom. The van der Waals surface area contributed by atoms with Gasteiger partial charge in [-0.3, -0.25) is 14.9 Å². The van der Waals surface area contributed by atoms with Crippen molar-refractivity contribution >= 4 is 11.6 Å². The molecule has 0 radical (unpaired) electrons. The molecule has 0 aliphatic carbocycles. The molecule has 7 nitrogen and oxygen atoms in total. The molecule has 0 unspecified atom stereocenters. The Labute approximate surface area is 116 Å². The molecule has 0 bridgehead atoms. The van der Waals surface area contributed by atoms with Crippen LogP contribution in [-0.4, -0.2) is 35.4 Å². The maximum absolute atomic E-state index is 12.3. The zero-order valence-corrected chi connectivity index (χ0v) is 11.5. The maximum Gasteiger partial charge on any atom is 0.311 e. The van der Waals surface area contributed by atoms with Gasteiger partial charge in [0.25, 0.3) is 5.91 Å². The average Bonchev–Trinajstić information content (AvgIpc) is 2.42. The van der Waals surface area contributed by atoms with E-state index in [1.54, 1.807) is 13.8 Å². The molecule has 1 aromatic carbocycles. The van der Waals surface area contributed by atoms with Crippen molar-refractivity contribution in [2.75, 3.05) is 13.7 Å². The van der Waals surface area contributed by atoms with E-state index in [4.69, 9.17) is 10.00 Å². The Morgan fingerprint density at radius 3 is 2.65 bits per heavy atom. The second-order valence-corrected chi connectivity index (χ2v) is 4.33. The molecular formula is C13H15N3O4. The van der Waals surface area contributed by atoms with Crippen molar-refractivity contribution in [1.29, 1.82) is 5.26 Å². The number of rotatable bonds is 5. The van der Waals surface area contributed by atoms with Crippen LogP contribution in [0.5, 0.6) is 5.75 Å². The minimum absolute atomic E-state index is 0.0731. The van der Waals surface area contributed by atoms with Gasteiger partial charge in [-0.1, -0.05) is 0 Å². The predicted molar refractivity (Wildman–Crippen MR) is 71.4 cm³/mol. The van der Waals surface area contributed by atoms with E-state index < -0.39 is 10.8 Å². The van der Waals surface area contributed by atoms with E-state index in [2.05, 4.69) is 0 Å². The van der Waals surface area contributed by atoms with Crippen LogP contribution in [0.2, 0.25) is 0 Å². The van der Waals surface area contributed by atoms with Gasteiger partial charge < -0.3 is 9.64 Å². The lowest BCUT2D eigenvalue weighted by Gasteiger charge is -2.23. The summed E-state index contributed by atoms with van der Waals surface area (Å²) in [7, 11) is 1.32. The summed E-state index contributed by atoms with van der Waals surface area (Å²) in [6, 6.07) is 5.71. The summed E-state index contributed by atoms with van der Waals surface area (Å²) in [5, 5.41) is 19.7. The van der Waals surface area contributed by atoms with Crippen LogP contribution in [0.3, 0.4) is 0 Å². The molecule has 0 atom stereocenters. The van der Waals surface area contributed by atoms with Crippen molar-refractivity contribution < 1.29 is 14.5 Å². The number of ether oxygens (including phenoxy) is 1. The number of carbonyl (C=O) groups excluding carboxylic acids is 1. The fourth-order valence-corrected chi connectivity index (χ4v) is 1.70. The zero-order chi connectivity index (χ0) is 15.3. The van der Waals surface area contributed by atoms with E-state index in [9.17, 15) is 14.9 Å². The zero-order valence-electron chi connectivity index (χ0n) is 11.5. The number of nitro benzene ring substituents is 1. The standard InChI is InChI=1S/C13H15N3O4/c1-9(2)15(7-6-14)13(17)10-4-5-12(20-3)11(8-10)16(18)19/h4-5,8-9H,7H2,1-3H3. The van der Waals surface area contributed by atoms with Crippen LogP contribution in [0.1, 0.15) is 24.2 Å². The molecule has 1 aromatic rings. The van der Waals surface area contributed by atoms with Crippen LogP contribution in [0, 0.1) is 21.4 Å². The average molecular weight is 277 g/mol. The molecule has 0 fully saturated rings. The van der Waals surface area contributed by atoms with E-state index in [1.807, 2.05) is 6.07 Å². The van der Waals surface area contributed by atoms with E-state index in [0.29, 0.717) is 0 Å². The topological polar surface area (TPSA) is 96.5 Å². The highest BCUT2D eigenvalue weighted by Crippen LogP contribution is 2.28. The molecule has 0 aromatic heterocycles. The smallest absolute Gasteiger partial charge is 0.311 e. The Morgan fingerprint density at radius 2 is 2.20 bits per heavy atom. The third kappa shape index (κ3) is 3.23. The molecule has 1 amide bonds. The summed E-state index contributed by atoms with van der Waals surface area (Å²) in [6.07, 6.45) is 0. The molecule has 7 heteroatoms. The quantitative estimate of drug-likeness (QED) is 0.465. The van der Waals surface area contributed by atoms with Gasteiger partial charge in [0.05, 0.1) is 18.1 Å². The first-order valence-corrected chi connectivity index (χ1v) is 5.92. The number of nitriles is 1. The second kappa shape index (κ2) is 6.52. The van der Waals surface area contributed by atoms with Crippen molar-refractivity contribution in [3.63, 3.8) is 0 Å². The van der Waals surface area contributed by atoms with E-state index in [0.717, 1.165) is 6.07 Å². The van der Waals surface area contributed by atoms with Gasteiger partial charge in [-0.05, 0) is 26.0 Å². The number of amides is 1. The molecule has 0 N–H and O–H groups in total. The van der Waals surface area contributed by atoms with Gasteiger partial charge in [-0.2, -0.15) is 5.26 Å². The van der Waals surface area contributed by atoms with Gasteiger partial charge in [-0.15, -0.1) is 0 Å². The minimum atomic E-state index is -0.611. The fourth-order valence-electron chi connectivity index (χ4n) is 1.70. The van der Waals surface area contributed by atoms with Crippen LogP contribution in [0.4, 0.5) is 5.69 Å². The molecule has 106 valence electrons. The largest absolute Gasteiger partial charge is 0.490 e. The first kappa shape index (κ1) is 15.4. The van der Waals surface area contributed by atoms with Crippen LogP contribution in [0.25, 0.3) is 0 Å². The van der Waals surface area contributed by atoms with Gasteiger partial charge in [0.1, 0.15) is 6.54 Å². The first-order chi connectivity index (χ1) is 9.42. The summed E-state index contributed by atoms with van der Waals surface area (Å²) in [4.78, 5) is 23.9. The van der Waals surface area contributed by atoms with Crippen LogP contribution in [-0.2, 0) is 0 Å². The lowest BCUT2D eigenvalue weighted by molar-refractivity contribution is -0.385. The number of methoxy groups -OCH3 is 1. The Hall–Kier alpha value is -2.62. The Balaban J connectivity index is 3.20. The molecule has 0 spiro atoms. The molecule has 1 rings (SSSR count). The van der Waals surface area contributed by atoms with Crippen molar-refractivity contribution in [3.8, 4) is 11.8 Å². The summed E-state index contributed by atoms with van der Waals surface area (Å²) >= 11 is 0. The predicted octanol–water partition coefficient (Wildman–Crippen LogP) is 1.98. The van der Waals surface area contributed by atoms with Crippen molar-refractivity contribution in [2.45, 2.75) is 19.9 Å². The van der Waals surface area contributed by atoms with Crippen LogP contribution in [0.15, 0.2) is 18.2 Å². The van der Waals surface area contributed by atoms with E-state index in [-0.39, 0.29) is 29.6 Å². The lowest BCUT2D eigenvalue weighted by atomic mass is 10.1. The van der Waals surface area contributed by atoms with Gasteiger partial charge in [-0.25, -0.2) is 0 Å². The number of hydrogen-bond acceptors (Lipinski definition) is 5. The summed E-state index contributed by atoms with van der Waals surface area (Å²) in [5.74, 6) is -0.338. The Bertz CT molecular complexity index is 563. The summed E-state index contributed by atoms with van der Waals surface area (Å²) in [5.41, 5.74) is -0.125. The molecule has 0 aliphatic rings. The van der Waals surface area contributed by atoms with Crippen molar-refractivity contribution in [1.82, 2.24) is 4.90 Å². The fraction of sp³-hybridized carbons (Fsp3) is 0.385. The van der Waals surface area contributed by atoms with E-state index >= 15 is 0 Å². The lowest BCUT2D eigenvalue weighted by Crippen LogP contribution is -2.37. The third-order valence-electron chi connectivity index (χ3n) is 2.75. The van der Waals surface area contributed by atoms with Crippen molar-refractivity contribution in [2.24, 2.45) is 0 Å². The molecule has 0 saturated carbocycles. The maximum atomic E-state index is 12.3. The molecule has 0 aliphatic heterocycles. The molecule has 20 heavy (non-hydrogen) atoms. The molecule has 0 heterocycles. The highest BCUT2D eigenvalue weighted by atomic mass is 16.6. The van der Waals surface area contributed by atoms with Crippen molar-refractivity contribution in [3.05, 3.63) is 33.9 Å². The number of nitro groups is 1. The number of hydrogen-bond donors (Lipinski definition) is 0. The summed E-state index contributed by atoms with van der Waals surface area (Å²) in [6.45, 7) is 3.47. The van der Waals surface area contributed by atoms with Gasteiger partial charge in [0.2, 0.25) is 0 Å². The molecule has 0 saturated heterocycles. The SMILES string of the molecule is COc1ccc(C(=O)N(CC#N)C(C)C)cc1[N+](=O)[O-]. The monoisotopic (exact) mass is 277 g/mol. The van der Waals surface area contributed by atoms with Gasteiger partial charge in [0, 0.05) is 17.7 Å². The normalized spacial score (nSPS) is 9.95. The second-order valence-electron chi connectivity index (χ2n) is 4.33. The number of nitrogens with zero attached hydrogens (tertiary/aromatic N) is 3. The first-order valence-electron chi connectivity index (χ1n) is 5.92. The van der Waals surface area contributed by atoms with Gasteiger partial charge >= 0.3 is 5.69 Å². The van der Waals surface area contributed by atoms with Crippen LogP contribution >= 0.6 is 0 Å². The van der Waals surface area contributed by atoms with Crippen LogP contribution < -0.4 is 4.74 Å². The Kier molecular flexibility index (Phi) is 5.03. The minimum Gasteiger partial charge on any atom is -0.490 e. The number of carbonyl (C=O) groups is 1. The van der Waals surface area contributed by atoms with Gasteiger partial charge in [0.15, 0.2) is 5.75 Å². The highest BCUT2D eigenvalue weighted by molar-refractivity contribution is 5.95. The molecular weight excluding hydrogens is 262 g/mol. The number of benzene rings is 1. The summed E-state index contributed by atoms with van der Waals surface area (Å²) < 4.78 is 4.88. The highest BCUT2D eigenvalue weighted by Gasteiger charge is 2.23. The third-order valence-corrected chi connectivity index (χ3v) is 2.75.